The van der Waals surface area contributed by atoms with Gasteiger partial charge in [-0.3, -0.25) is 4.79 Å². The predicted molar refractivity (Wildman–Crippen MR) is 68.1 cm³/mol. The van der Waals surface area contributed by atoms with Gasteiger partial charge >= 0.3 is 0 Å². The van der Waals surface area contributed by atoms with E-state index in [1.165, 1.54) is 6.42 Å². The van der Waals surface area contributed by atoms with Crippen molar-refractivity contribution in [3.05, 3.63) is 0 Å². The molecule has 2 atom stereocenters. The maximum Gasteiger partial charge on any atom is 0.149 e. The minimum atomic E-state index is -0.841. The molecular weight excluding hydrogens is 228 g/mol. The molecule has 2 rings (SSSR count). The van der Waals surface area contributed by atoms with Crippen LogP contribution in [-0.4, -0.2) is 18.4 Å². The van der Waals surface area contributed by atoms with E-state index in [0.29, 0.717) is 12.8 Å². The fraction of sp³-hybridized carbons (Fsp3) is 0.800. The number of carbonyl (C=O) groups excluding carboxylic acids is 3. The van der Waals surface area contributed by atoms with Gasteiger partial charge in [-0.05, 0) is 32.1 Å². The molecule has 0 aliphatic heterocycles. The lowest BCUT2D eigenvalue weighted by atomic mass is 9.64. The first kappa shape index (κ1) is 13.4. The van der Waals surface area contributed by atoms with Crippen LogP contribution in [0.3, 0.4) is 0 Å². The van der Waals surface area contributed by atoms with Crippen molar-refractivity contribution < 1.29 is 14.4 Å². The summed E-state index contributed by atoms with van der Waals surface area (Å²) in [7, 11) is 0. The fourth-order valence-electron chi connectivity index (χ4n) is 3.63. The van der Waals surface area contributed by atoms with Gasteiger partial charge in [0.2, 0.25) is 0 Å². The van der Waals surface area contributed by atoms with Gasteiger partial charge in [-0.25, -0.2) is 0 Å². The van der Waals surface area contributed by atoms with Crippen molar-refractivity contribution in [2.75, 3.05) is 0 Å². The van der Waals surface area contributed by atoms with E-state index in [1.807, 2.05) is 0 Å². The average molecular weight is 250 g/mol. The lowest BCUT2D eigenvalue weighted by Gasteiger charge is -2.37. The second kappa shape index (κ2) is 5.77. The molecule has 2 aliphatic rings. The van der Waals surface area contributed by atoms with Crippen LogP contribution in [0, 0.1) is 17.3 Å². The van der Waals surface area contributed by atoms with Gasteiger partial charge in [0.1, 0.15) is 18.4 Å². The van der Waals surface area contributed by atoms with Crippen LogP contribution >= 0.6 is 0 Å². The minimum absolute atomic E-state index is 0.0642. The third-order valence-corrected chi connectivity index (χ3v) is 4.71. The minimum Gasteiger partial charge on any atom is -0.303 e. The van der Waals surface area contributed by atoms with Crippen molar-refractivity contribution in [1.29, 1.82) is 0 Å². The second-order valence-corrected chi connectivity index (χ2v) is 5.97. The van der Waals surface area contributed by atoms with Gasteiger partial charge in [0.25, 0.3) is 0 Å². The topological polar surface area (TPSA) is 51.2 Å². The van der Waals surface area contributed by atoms with E-state index in [-0.39, 0.29) is 17.6 Å². The summed E-state index contributed by atoms with van der Waals surface area (Å²) < 4.78 is 0. The van der Waals surface area contributed by atoms with Crippen LogP contribution in [0.15, 0.2) is 0 Å². The van der Waals surface area contributed by atoms with Crippen LogP contribution in [0.4, 0.5) is 0 Å². The van der Waals surface area contributed by atoms with Crippen molar-refractivity contribution in [1.82, 2.24) is 0 Å². The number of ketones is 1. The van der Waals surface area contributed by atoms with Crippen LogP contribution in [0.1, 0.15) is 57.8 Å². The Bertz CT molecular complexity index is 331. The smallest absolute Gasteiger partial charge is 0.149 e. The average Bonchev–Trinajstić information content (AvgIpc) is 2.47. The molecule has 3 heteroatoms. The van der Waals surface area contributed by atoms with Crippen LogP contribution < -0.4 is 0 Å². The zero-order chi connectivity index (χ0) is 13.0. The quantitative estimate of drug-likeness (QED) is 0.569. The van der Waals surface area contributed by atoms with E-state index in [4.69, 9.17) is 0 Å². The van der Waals surface area contributed by atoms with Gasteiger partial charge in [0.15, 0.2) is 0 Å². The lowest BCUT2D eigenvalue weighted by molar-refractivity contribution is -0.142. The summed E-state index contributed by atoms with van der Waals surface area (Å²) in [6, 6.07) is 0. The first-order valence-electron chi connectivity index (χ1n) is 7.18. The highest BCUT2D eigenvalue weighted by Gasteiger charge is 2.45. The Labute approximate surface area is 108 Å². The molecule has 0 radical (unpaired) electrons. The summed E-state index contributed by atoms with van der Waals surface area (Å²) in [6.07, 6.45) is 9.79. The normalized spacial score (nSPS) is 33.9. The van der Waals surface area contributed by atoms with Gasteiger partial charge < -0.3 is 9.59 Å². The lowest BCUT2D eigenvalue weighted by Crippen LogP contribution is -2.42. The Kier molecular flexibility index (Phi) is 4.31. The highest BCUT2D eigenvalue weighted by atomic mass is 16.1. The van der Waals surface area contributed by atoms with Crippen LogP contribution in [0.2, 0.25) is 0 Å². The Morgan fingerprint density at radius 2 is 1.72 bits per heavy atom. The molecule has 0 aromatic carbocycles. The van der Waals surface area contributed by atoms with Crippen LogP contribution in [-0.2, 0) is 14.4 Å². The first-order chi connectivity index (χ1) is 8.72. The molecule has 0 aromatic rings. The number of hydrogen-bond donors (Lipinski definition) is 0. The van der Waals surface area contributed by atoms with Crippen molar-refractivity contribution in [2.45, 2.75) is 57.8 Å². The number of carbonyl (C=O) groups is 3. The summed E-state index contributed by atoms with van der Waals surface area (Å²) in [6.45, 7) is 0. The van der Waals surface area contributed by atoms with Crippen LogP contribution in [0.5, 0.6) is 0 Å². The van der Waals surface area contributed by atoms with Gasteiger partial charge in [0.05, 0.1) is 5.41 Å². The molecule has 2 saturated carbocycles. The third-order valence-electron chi connectivity index (χ3n) is 4.71. The third kappa shape index (κ3) is 2.55. The van der Waals surface area contributed by atoms with E-state index >= 15 is 0 Å². The largest absolute Gasteiger partial charge is 0.303 e. The van der Waals surface area contributed by atoms with Crippen LogP contribution in [0.25, 0.3) is 0 Å². The summed E-state index contributed by atoms with van der Waals surface area (Å²) in [5.41, 5.74) is -0.841. The Morgan fingerprint density at radius 1 is 1.00 bits per heavy atom. The standard InChI is InChI=1S/C15H22O3/c16-10-12-5-4-8-15(9-12,11-17)14(18)13-6-2-1-3-7-13/h10-13H,1-9H2. The van der Waals surface area contributed by atoms with E-state index in [9.17, 15) is 14.4 Å². The van der Waals surface area contributed by atoms with Gasteiger partial charge in [-0.1, -0.05) is 25.7 Å². The highest BCUT2D eigenvalue weighted by molar-refractivity contribution is 6.00. The van der Waals surface area contributed by atoms with Crippen molar-refractivity contribution in [3.63, 3.8) is 0 Å². The molecule has 2 aliphatic carbocycles. The number of aldehydes is 2. The number of rotatable bonds is 4. The van der Waals surface area contributed by atoms with E-state index in [0.717, 1.165) is 51.1 Å². The van der Waals surface area contributed by atoms with E-state index < -0.39 is 5.41 Å². The monoisotopic (exact) mass is 250 g/mol. The molecule has 0 bridgehead atoms. The van der Waals surface area contributed by atoms with Crippen molar-refractivity contribution >= 4 is 18.4 Å². The maximum atomic E-state index is 12.6. The molecule has 2 unspecified atom stereocenters. The first-order valence-corrected chi connectivity index (χ1v) is 7.18. The molecule has 0 spiro atoms. The summed E-state index contributed by atoms with van der Waals surface area (Å²) in [5.74, 6) is 0.0922. The molecule has 18 heavy (non-hydrogen) atoms. The summed E-state index contributed by atoms with van der Waals surface area (Å²) in [5, 5.41) is 0. The van der Waals surface area contributed by atoms with E-state index in [1.54, 1.807) is 0 Å². The number of hydrogen-bond acceptors (Lipinski definition) is 3. The molecule has 0 aromatic heterocycles. The highest BCUT2D eigenvalue weighted by Crippen LogP contribution is 2.42. The Morgan fingerprint density at radius 3 is 2.33 bits per heavy atom. The molecule has 2 fully saturated rings. The summed E-state index contributed by atoms with van der Waals surface area (Å²) in [4.78, 5) is 35.0. The fourth-order valence-corrected chi connectivity index (χ4v) is 3.63. The van der Waals surface area contributed by atoms with Gasteiger partial charge in [0, 0.05) is 11.8 Å². The predicted octanol–water partition coefficient (Wildman–Crippen LogP) is 2.71. The molecule has 0 amide bonds. The second-order valence-electron chi connectivity index (χ2n) is 5.97. The zero-order valence-electron chi connectivity index (χ0n) is 10.9. The van der Waals surface area contributed by atoms with Crippen molar-refractivity contribution in [3.8, 4) is 0 Å². The van der Waals surface area contributed by atoms with Gasteiger partial charge in [-0.2, -0.15) is 0 Å². The molecular formula is C15H22O3. The maximum absolute atomic E-state index is 12.6. The SMILES string of the molecule is O=CC1CCCC(C=O)(C(=O)C2CCCCC2)C1. The Hall–Kier alpha value is -0.990. The molecule has 0 heterocycles. The summed E-state index contributed by atoms with van der Waals surface area (Å²) >= 11 is 0. The Balaban J connectivity index is 2.12. The van der Waals surface area contributed by atoms with Gasteiger partial charge in [-0.15, -0.1) is 0 Å². The van der Waals surface area contributed by atoms with Crippen molar-refractivity contribution in [2.24, 2.45) is 17.3 Å². The number of Topliss-reactive ketones (excluding diaryl/α,β-unsaturated/α-hetero) is 1. The molecule has 3 nitrogen and oxygen atoms in total. The molecule has 100 valence electrons. The molecule has 0 saturated heterocycles. The molecule has 0 N–H and O–H groups in total. The zero-order valence-corrected chi connectivity index (χ0v) is 10.9. The van der Waals surface area contributed by atoms with E-state index in [2.05, 4.69) is 0 Å².